The molecule has 0 saturated heterocycles. The van der Waals surface area contributed by atoms with E-state index in [1.807, 2.05) is 25.1 Å². The monoisotopic (exact) mass is 578 g/mol. The van der Waals surface area contributed by atoms with Crippen LogP contribution >= 0.6 is 22.6 Å². The number of esters is 1. The zero-order valence-electron chi connectivity index (χ0n) is 20.1. The third-order valence-corrected chi connectivity index (χ3v) is 7.94. The van der Waals surface area contributed by atoms with Crippen LogP contribution in [0.25, 0.3) is 0 Å². The van der Waals surface area contributed by atoms with E-state index < -0.39 is 11.5 Å². The average Bonchev–Trinajstić information content (AvgIpc) is 3.25. The summed E-state index contributed by atoms with van der Waals surface area (Å²) in [5.41, 5.74) is 1.74. The second-order valence-electron chi connectivity index (χ2n) is 9.66. The Bertz CT molecular complexity index is 1120. The number of ether oxygens (including phenoxy) is 1. The second-order valence-corrected chi connectivity index (χ2v) is 10.4. The van der Waals surface area contributed by atoms with Gasteiger partial charge in [0.1, 0.15) is 11.2 Å². The molecule has 2 aliphatic rings. The first kappa shape index (κ1) is 24.7. The lowest BCUT2D eigenvalue weighted by Gasteiger charge is -2.44. The highest BCUT2D eigenvalue weighted by Gasteiger charge is 2.50. The molecule has 2 heterocycles. The van der Waals surface area contributed by atoms with Crippen molar-refractivity contribution in [3.05, 3.63) is 46.8 Å². The van der Waals surface area contributed by atoms with Crippen LogP contribution in [-0.2, 0) is 20.5 Å². The lowest BCUT2D eigenvalue weighted by molar-refractivity contribution is -0.127. The molecule has 0 radical (unpaired) electrons. The standard InChI is InChI=1S/C25H31IN4O4/c1-15-5-9-18(10-6-15)27-24(33)25(3)14-29-21(12-19(28-29)23(32)34-4)22(31)30(25)20-11-17(13-26)8-7-16(20)2/h7-8,11-12,15,18H,5-6,9-10,13-14H2,1-4H3,(H,27,33). The molecule has 1 aromatic heterocycles. The van der Waals surface area contributed by atoms with Crippen LogP contribution in [0.15, 0.2) is 24.3 Å². The molecule has 1 aliphatic heterocycles. The first-order valence-electron chi connectivity index (χ1n) is 11.6. The summed E-state index contributed by atoms with van der Waals surface area (Å²) in [5.74, 6) is -0.525. The molecule has 182 valence electrons. The molecule has 0 bridgehead atoms. The van der Waals surface area contributed by atoms with Crippen molar-refractivity contribution in [1.29, 1.82) is 0 Å². The molecule has 1 fully saturated rings. The van der Waals surface area contributed by atoms with Crippen LogP contribution in [0.4, 0.5) is 5.69 Å². The number of fused-ring (bicyclic) bond motifs is 1. The number of amides is 2. The Morgan fingerprint density at radius 2 is 1.94 bits per heavy atom. The predicted octanol–water partition coefficient (Wildman–Crippen LogP) is 4.03. The maximum atomic E-state index is 13.9. The fraction of sp³-hybridized carbons (Fsp3) is 0.520. The lowest BCUT2D eigenvalue weighted by atomic mass is 9.86. The number of nitrogens with one attached hydrogen (secondary N) is 1. The Labute approximate surface area is 213 Å². The van der Waals surface area contributed by atoms with E-state index in [0.29, 0.717) is 11.6 Å². The fourth-order valence-electron chi connectivity index (χ4n) is 4.89. The van der Waals surface area contributed by atoms with E-state index in [4.69, 9.17) is 4.74 Å². The zero-order chi connectivity index (χ0) is 24.6. The van der Waals surface area contributed by atoms with E-state index in [1.165, 1.54) is 17.9 Å². The van der Waals surface area contributed by atoms with Crippen molar-refractivity contribution >= 4 is 46.1 Å². The van der Waals surface area contributed by atoms with Crippen LogP contribution in [0.3, 0.4) is 0 Å². The minimum absolute atomic E-state index is 0.0504. The van der Waals surface area contributed by atoms with Crippen LogP contribution < -0.4 is 10.2 Å². The molecule has 1 aromatic carbocycles. The van der Waals surface area contributed by atoms with E-state index >= 15 is 0 Å². The third kappa shape index (κ3) is 4.46. The van der Waals surface area contributed by atoms with Crippen molar-refractivity contribution in [3.8, 4) is 0 Å². The van der Waals surface area contributed by atoms with E-state index in [-0.39, 0.29) is 35.8 Å². The Kier molecular flexibility index (Phi) is 7.02. The van der Waals surface area contributed by atoms with Crippen LogP contribution in [-0.4, -0.2) is 46.3 Å². The number of hydrogen-bond donors (Lipinski definition) is 1. The van der Waals surface area contributed by atoms with Crippen molar-refractivity contribution in [1.82, 2.24) is 15.1 Å². The molecule has 9 heteroatoms. The highest BCUT2D eigenvalue weighted by Crippen LogP contribution is 2.36. The van der Waals surface area contributed by atoms with Gasteiger partial charge in [0, 0.05) is 22.2 Å². The van der Waals surface area contributed by atoms with Crippen LogP contribution in [0.2, 0.25) is 0 Å². The van der Waals surface area contributed by atoms with Crippen LogP contribution in [0, 0.1) is 12.8 Å². The molecule has 1 unspecified atom stereocenters. The van der Waals surface area contributed by atoms with Crippen molar-refractivity contribution < 1.29 is 19.1 Å². The first-order valence-corrected chi connectivity index (χ1v) is 13.2. The number of aryl methyl sites for hydroxylation is 1. The Balaban J connectivity index is 1.78. The van der Waals surface area contributed by atoms with Gasteiger partial charge in [-0.15, -0.1) is 0 Å². The van der Waals surface area contributed by atoms with Crippen molar-refractivity contribution in [2.24, 2.45) is 5.92 Å². The van der Waals surface area contributed by atoms with Gasteiger partial charge in [-0.1, -0.05) is 41.6 Å². The molecule has 2 aromatic rings. The average molecular weight is 578 g/mol. The molecular weight excluding hydrogens is 547 g/mol. The van der Waals surface area contributed by atoms with Gasteiger partial charge in [0.2, 0.25) is 5.91 Å². The summed E-state index contributed by atoms with van der Waals surface area (Å²) in [4.78, 5) is 41.4. The molecule has 1 atom stereocenters. The number of anilines is 1. The van der Waals surface area contributed by atoms with Crippen molar-refractivity contribution in [2.45, 2.75) is 69.0 Å². The summed E-state index contributed by atoms with van der Waals surface area (Å²) in [6.07, 6.45) is 4.01. The predicted molar refractivity (Wildman–Crippen MR) is 137 cm³/mol. The molecule has 4 rings (SSSR count). The number of rotatable bonds is 5. The maximum absolute atomic E-state index is 13.9. The second kappa shape index (κ2) is 9.67. The highest BCUT2D eigenvalue weighted by atomic mass is 127. The fourth-order valence-corrected chi connectivity index (χ4v) is 5.36. The zero-order valence-corrected chi connectivity index (χ0v) is 22.2. The van der Waals surface area contributed by atoms with Gasteiger partial charge >= 0.3 is 5.97 Å². The minimum atomic E-state index is -1.22. The molecule has 1 saturated carbocycles. The largest absolute Gasteiger partial charge is 0.464 e. The molecule has 1 N–H and O–H groups in total. The quantitative estimate of drug-likeness (QED) is 0.329. The molecule has 1 aliphatic carbocycles. The Hall–Kier alpha value is -2.43. The summed E-state index contributed by atoms with van der Waals surface area (Å²) < 4.78 is 7.04. The molecule has 2 amide bonds. The third-order valence-electron chi connectivity index (χ3n) is 7.06. The van der Waals surface area contributed by atoms with E-state index in [2.05, 4.69) is 39.9 Å². The van der Waals surface area contributed by atoms with E-state index in [9.17, 15) is 14.4 Å². The van der Waals surface area contributed by atoms with Gasteiger partial charge in [0.25, 0.3) is 5.91 Å². The summed E-state index contributed by atoms with van der Waals surface area (Å²) >= 11 is 2.28. The van der Waals surface area contributed by atoms with Gasteiger partial charge in [-0.05, 0) is 62.6 Å². The highest BCUT2D eigenvalue weighted by molar-refractivity contribution is 14.1. The molecule has 8 nitrogen and oxygen atoms in total. The number of hydrogen-bond acceptors (Lipinski definition) is 5. The van der Waals surface area contributed by atoms with Crippen LogP contribution in [0.1, 0.15) is 71.6 Å². The van der Waals surface area contributed by atoms with Gasteiger partial charge in [0.15, 0.2) is 5.69 Å². The number of carbonyl (C=O) groups is 3. The smallest absolute Gasteiger partial charge is 0.358 e. The molecule has 34 heavy (non-hydrogen) atoms. The molecular formula is C25H31IN4O4. The summed E-state index contributed by atoms with van der Waals surface area (Å²) in [7, 11) is 1.27. The van der Waals surface area contributed by atoms with Crippen molar-refractivity contribution in [3.63, 3.8) is 0 Å². The van der Waals surface area contributed by atoms with Gasteiger partial charge in [-0.3, -0.25) is 19.2 Å². The summed E-state index contributed by atoms with van der Waals surface area (Å²) in [6, 6.07) is 7.51. The number of aromatic nitrogens is 2. The number of nitrogens with zero attached hydrogens (tertiary/aromatic N) is 3. The van der Waals surface area contributed by atoms with Gasteiger partial charge < -0.3 is 10.1 Å². The van der Waals surface area contributed by atoms with Gasteiger partial charge in [0.05, 0.1) is 13.7 Å². The van der Waals surface area contributed by atoms with Crippen LogP contribution in [0.5, 0.6) is 0 Å². The first-order chi connectivity index (χ1) is 16.2. The van der Waals surface area contributed by atoms with E-state index in [0.717, 1.165) is 41.2 Å². The number of halogens is 1. The number of carbonyl (C=O) groups excluding carboxylic acids is 3. The van der Waals surface area contributed by atoms with Gasteiger partial charge in [-0.25, -0.2) is 4.79 Å². The minimum Gasteiger partial charge on any atom is -0.464 e. The topological polar surface area (TPSA) is 93.5 Å². The number of alkyl halides is 1. The maximum Gasteiger partial charge on any atom is 0.358 e. The number of methoxy groups -OCH3 is 1. The van der Waals surface area contributed by atoms with E-state index in [1.54, 1.807) is 11.8 Å². The molecule has 0 spiro atoms. The van der Waals surface area contributed by atoms with Crippen molar-refractivity contribution in [2.75, 3.05) is 12.0 Å². The normalized spacial score (nSPS) is 24.5. The SMILES string of the molecule is COC(=O)c1cc2n(n1)CC(C)(C(=O)NC1CCC(C)CC1)N(c1cc(CI)ccc1C)C2=O. The lowest BCUT2D eigenvalue weighted by Crippen LogP contribution is -2.65. The summed E-state index contributed by atoms with van der Waals surface area (Å²) in [6.45, 7) is 6.09. The summed E-state index contributed by atoms with van der Waals surface area (Å²) in [5, 5.41) is 7.53. The Morgan fingerprint density at radius 3 is 2.59 bits per heavy atom. The Morgan fingerprint density at radius 1 is 1.24 bits per heavy atom. The van der Waals surface area contributed by atoms with Gasteiger partial charge in [-0.2, -0.15) is 5.10 Å². The number of benzene rings is 1.